The number of aromatic amines is 1. The number of rotatable bonds is 3. The maximum absolute atomic E-state index is 4.49. The molecule has 92 valence electrons. The number of nitrogens with one attached hydrogen (secondary N) is 2. The normalized spacial score (nSPS) is 12.2. The van der Waals surface area contributed by atoms with Gasteiger partial charge in [0.2, 0.25) is 0 Å². The average molecular weight is 232 g/mol. The lowest BCUT2D eigenvalue weighted by Gasteiger charge is -2.19. The van der Waals surface area contributed by atoms with E-state index in [1.807, 2.05) is 19.1 Å². The minimum atomic E-state index is 0.154. The van der Waals surface area contributed by atoms with Gasteiger partial charge in [0.05, 0.1) is 5.52 Å². The van der Waals surface area contributed by atoms with Gasteiger partial charge in [0.1, 0.15) is 5.82 Å². The molecule has 2 heterocycles. The Morgan fingerprint density at radius 2 is 2.00 bits per heavy atom. The first-order valence-electron chi connectivity index (χ1n) is 6.01. The molecule has 2 N–H and O–H groups in total. The van der Waals surface area contributed by atoms with Crippen molar-refractivity contribution in [1.82, 2.24) is 20.3 Å². The highest BCUT2D eigenvalue weighted by Gasteiger charge is 2.09. The first-order valence-corrected chi connectivity index (χ1v) is 6.01. The van der Waals surface area contributed by atoms with E-state index in [1.165, 1.54) is 0 Å². The standard InChI is InChI=1S/C13H20N4/c1-9-5-6-10-12(15-9)17-11(16-10)7-8-14-13(2,3)4/h5-6,14H,7-8H2,1-4H3,(H,15,16,17). The fourth-order valence-corrected chi connectivity index (χ4v) is 1.71. The minimum Gasteiger partial charge on any atom is -0.341 e. The number of H-pyrrole nitrogens is 1. The van der Waals surface area contributed by atoms with Gasteiger partial charge in [-0.1, -0.05) is 0 Å². The second-order valence-corrected chi connectivity index (χ2v) is 5.43. The number of nitrogens with zero attached hydrogens (tertiary/aromatic N) is 2. The number of fused-ring (bicyclic) bond motifs is 1. The molecule has 0 amide bonds. The van der Waals surface area contributed by atoms with Crippen LogP contribution in [0.3, 0.4) is 0 Å². The Hall–Kier alpha value is -1.42. The van der Waals surface area contributed by atoms with Crippen LogP contribution in [0.15, 0.2) is 12.1 Å². The van der Waals surface area contributed by atoms with Gasteiger partial charge in [-0.2, -0.15) is 0 Å². The lowest BCUT2D eigenvalue weighted by atomic mass is 10.1. The van der Waals surface area contributed by atoms with Gasteiger partial charge in [0.15, 0.2) is 5.65 Å². The lowest BCUT2D eigenvalue weighted by Crippen LogP contribution is -2.37. The fraction of sp³-hybridized carbons (Fsp3) is 0.538. The van der Waals surface area contributed by atoms with Crippen LogP contribution in [-0.2, 0) is 6.42 Å². The van der Waals surface area contributed by atoms with E-state index in [2.05, 4.69) is 41.0 Å². The molecule has 0 aliphatic rings. The van der Waals surface area contributed by atoms with Crippen molar-refractivity contribution in [3.63, 3.8) is 0 Å². The molecular formula is C13H20N4. The SMILES string of the molecule is Cc1ccc2[nH]c(CCNC(C)(C)C)nc2n1. The van der Waals surface area contributed by atoms with Crippen LogP contribution in [0.4, 0.5) is 0 Å². The van der Waals surface area contributed by atoms with Gasteiger partial charge in [0, 0.05) is 24.2 Å². The molecule has 4 heteroatoms. The van der Waals surface area contributed by atoms with Crippen molar-refractivity contribution in [2.45, 2.75) is 39.7 Å². The zero-order chi connectivity index (χ0) is 12.5. The molecule has 2 rings (SSSR count). The summed E-state index contributed by atoms with van der Waals surface area (Å²) < 4.78 is 0. The highest BCUT2D eigenvalue weighted by molar-refractivity contribution is 5.70. The summed E-state index contributed by atoms with van der Waals surface area (Å²) in [6.07, 6.45) is 0.896. The summed E-state index contributed by atoms with van der Waals surface area (Å²) in [5.41, 5.74) is 2.99. The molecule has 0 aromatic carbocycles. The van der Waals surface area contributed by atoms with Gasteiger partial charge in [-0.05, 0) is 39.8 Å². The van der Waals surface area contributed by atoms with Crippen LogP contribution in [0.25, 0.3) is 11.2 Å². The lowest BCUT2D eigenvalue weighted by molar-refractivity contribution is 0.428. The number of hydrogen-bond donors (Lipinski definition) is 2. The zero-order valence-electron chi connectivity index (χ0n) is 11.0. The molecule has 0 aliphatic carbocycles. The van der Waals surface area contributed by atoms with Gasteiger partial charge in [-0.25, -0.2) is 9.97 Å². The van der Waals surface area contributed by atoms with Crippen LogP contribution in [0.5, 0.6) is 0 Å². The number of hydrogen-bond acceptors (Lipinski definition) is 3. The van der Waals surface area contributed by atoms with E-state index in [0.717, 1.165) is 35.6 Å². The maximum Gasteiger partial charge on any atom is 0.177 e. The summed E-state index contributed by atoms with van der Waals surface area (Å²) in [6, 6.07) is 4.03. The van der Waals surface area contributed by atoms with E-state index in [0.29, 0.717) is 0 Å². The van der Waals surface area contributed by atoms with E-state index in [-0.39, 0.29) is 5.54 Å². The van der Waals surface area contributed by atoms with E-state index >= 15 is 0 Å². The minimum absolute atomic E-state index is 0.154. The van der Waals surface area contributed by atoms with Crippen LogP contribution in [0.2, 0.25) is 0 Å². The topological polar surface area (TPSA) is 53.6 Å². The van der Waals surface area contributed by atoms with E-state index in [9.17, 15) is 0 Å². The average Bonchev–Trinajstić information content (AvgIpc) is 2.57. The van der Waals surface area contributed by atoms with Crippen LogP contribution in [0, 0.1) is 6.92 Å². The second-order valence-electron chi connectivity index (χ2n) is 5.43. The Morgan fingerprint density at radius 1 is 1.24 bits per heavy atom. The number of imidazole rings is 1. The third-order valence-corrected chi connectivity index (χ3v) is 2.55. The first kappa shape index (κ1) is 12.0. The van der Waals surface area contributed by atoms with Gasteiger partial charge in [0.25, 0.3) is 0 Å². The van der Waals surface area contributed by atoms with Crippen molar-refractivity contribution in [3.05, 3.63) is 23.7 Å². The molecule has 0 fully saturated rings. The third kappa shape index (κ3) is 3.27. The van der Waals surface area contributed by atoms with E-state index < -0.39 is 0 Å². The highest BCUT2D eigenvalue weighted by Crippen LogP contribution is 2.10. The van der Waals surface area contributed by atoms with E-state index in [1.54, 1.807) is 0 Å². The molecule has 0 saturated carbocycles. The molecule has 0 bridgehead atoms. The van der Waals surface area contributed by atoms with Crippen LogP contribution in [0.1, 0.15) is 32.3 Å². The van der Waals surface area contributed by atoms with Crippen LogP contribution < -0.4 is 5.32 Å². The fourth-order valence-electron chi connectivity index (χ4n) is 1.71. The Morgan fingerprint density at radius 3 is 2.71 bits per heavy atom. The predicted molar refractivity (Wildman–Crippen MR) is 70.1 cm³/mol. The largest absolute Gasteiger partial charge is 0.341 e. The molecule has 17 heavy (non-hydrogen) atoms. The Labute approximate surface area is 102 Å². The van der Waals surface area contributed by atoms with Crippen molar-refractivity contribution in [1.29, 1.82) is 0 Å². The summed E-state index contributed by atoms with van der Waals surface area (Å²) in [7, 11) is 0. The number of aryl methyl sites for hydroxylation is 1. The molecule has 0 spiro atoms. The van der Waals surface area contributed by atoms with Crippen LogP contribution >= 0.6 is 0 Å². The highest BCUT2D eigenvalue weighted by atomic mass is 15.0. The third-order valence-electron chi connectivity index (χ3n) is 2.55. The van der Waals surface area contributed by atoms with Gasteiger partial charge in [-0.3, -0.25) is 0 Å². The van der Waals surface area contributed by atoms with Crippen molar-refractivity contribution >= 4 is 11.2 Å². The molecule has 0 aliphatic heterocycles. The van der Waals surface area contributed by atoms with Crippen molar-refractivity contribution < 1.29 is 0 Å². The first-order chi connectivity index (χ1) is 7.94. The molecule has 0 atom stereocenters. The molecule has 0 saturated heterocycles. The molecular weight excluding hydrogens is 212 g/mol. The Bertz CT molecular complexity index is 508. The summed E-state index contributed by atoms with van der Waals surface area (Å²) >= 11 is 0. The summed E-state index contributed by atoms with van der Waals surface area (Å²) in [5.74, 6) is 0.995. The second kappa shape index (κ2) is 4.45. The number of pyridine rings is 1. The summed E-state index contributed by atoms with van der Waals surface area (Å²) in [5, 5.41) is 3.45. The summed E-state index contributed by atoms with van der Waals surface area (Å²) in [6.45, 7) is 9.39. The van der Waals surface area contributed by atoms with Crippen molar-refractivity contribution in [2.24, 2.45) is 0 Å². The molecule has 0 unspecified atom stereocenters. The Balaban J connectivity index is 2.05. The van der Waals surface area contributed by atoms with Crippen molar-refractivity contribution in [3.8, 4) is 0 Å². The smallest absolute Gasteiger partial charge is 0.177 e. The monoisotopic (exact) mass is 232 g/mol. The molecule has 0 radical (unpaired) electrons. The van der Waals surface area contributed by atoms with Crippen molar-refractivity contribution in [2.75, 3.05) is 6.54 Å². The quantitative estimate of drug-likeness (QED) is 0.853. The Kier molecular flexibility index (Phi) is 3.15. The molecule has 4 nitrogen and oxygen atoms in total. The van der Waals surface area contributed by atoms with Crippen LogP contribution in [-0.4, -0.2) is 27.0 Å². The van der Waals surface area contributed by atoms with Gasteiger partial charge < -0.3 is 10.3 Å². The van der Waals surface area contributed by atoms with E-state index in [4.69, 9.17) is 0 Å². The maximum atomic E-state index is 4.49. The summed E-state index contributed by atoms with van der Waals surface area (Å²) in [4.78, 5) is 12.2. The zero-order valence-corrected chi connectivity index (χ0v) is 11.0. The van der Waals surface area contributed by atoms with Gasteiger partial charge in [-0.15, -0.1) is 0 Å². The van der Waals surface area contributed by atoms with Gasteiger partial charge >= 0.3 is 0 Å². The predicted octanol–water partition coefficient (Wildman–Crippen LogP) is 2.20. The number of aromatic nitrogens is 3. The molecule has 2 aromatic rings. The molecule has 2 aromatic heterocycles.